The van der Waals surface area contributed by atoms with E-state index in [9.17, 15) is 9.59 Å². The zero-order chi connectivity index (χ0) is 13.3. The Balaban J connectivity index is 2.00. The fourth-order valence-electron chi connectivity index (χ4n) is 2.27. The van der Waals surface area contributed by atoms with Crippen molar-refractivity contribution < 1.29 is 14.7 Å². The van der Waals surface area contributed by atoms with Crippen molar-refractivity contribution in [2.75, 3.05) is 13.1 Å². The minimum Gasteiger partial charge on any atom is -0.480 e. The maximum Gasteiger partial charge on any atom is 0.323 e. The molecule has 1 amide bonds. The molecule has 1 N–H and O–H groups in total. The van der Waals surface area contributed by atoms with Gasteiger partial charge in [0, 0.05) is 23.3 Å². The number of carbonyl (C=O) groups excluding carboxylic acids is 1. The highest BCUT2D eigenvalue weighted by molar-refractivity contribution is 7.10. The average Bonchev–Trinajstić information content (AvgIpc) is 3.00. The maximum atomic E-state index is 12.2. The van der Waals surface area contributed by atoms with Crippen LogP contribution in [0.4, 0.5) is 0 Å². The molecule has 0 radical (unpaired) electrons. The van der Waals surface area contributed by atoms with E-state index in [0.29, 0.717) is 12.5 Å². The van der Waals surface area contributed by atoms with E-state index < -0.39 is 5.97 Å². The number of carboxylic acids is 1. The maximum absolute atomic E-state index is 12.2. The first-order valence-electron chi connectivity index (χ1n) is 6.09. The molecule has 1 saturated carbocycles. The van der Waals surface area contributed by atoms with Gasteiger partial charge in [0.1, 0.15) is 6.54 Å². The smallest absolute Gasteiger partial charge is 0.323 e. The summed E-state index contributed by atoms with van der Waals surface area (Å²) in [5.74, 6) is -0.672. The number of amides is 1. The van der Waals surface area contributed by atoms with Crippen LogP contribution >= 0.6 is 11.3 Å². The van der Waals surface area contributed by atoms with Crippen LogP contribution in [0, 0.1) is 12.8 Å². The molecule has 1 fully saturated rings. The second-order valence-electron chi connectivity index (χ2n) is 4.66. The van der Waals surface area contributed by atoms with Crippen molar-refractivity contribution in [2.24, 2.45) is 5.92 Å². The number of aliphatic carboxylic acids is 1. The van der Waals surface area contributed by atoms with Gasteiger partial charge in [0.15, 0.2) is 0 Å². The van der Waals surface area contributed by atoms with Gasteiger partial charge in [0.25, 0.3) is 0 Å². The predicted molar refractivity (Wildman–Crippen MR) is 69.8 cm³/mol. The van der Waals surface area contributed by atoms with Crippen molar-refractivity contribution in [3.05, 3.63) is 21.9 Å². The largest absolute Gasteiger partial charge is 0.480 e. The SMILES string of the molecule is CCN(CC(=O)O)C(=O)[C@H]1C[C@H]1c1sccc1C. The van der Waals surface area contributed by atoms with Crippen LogP contribution in [0.2, 0.25) is 0 Å². The number of carbonyl (C=O) groups is 2. The molecule has 0 spiro atoms. The number of hydrogen-bond acceptors (Lipinski definition) is 3. The molecule has 18 heavy (non-hydrogen) atoms. The first-order valence-corrected chi connectivity index (χ1v) is 6.97. The quantitative estimate of drug-likeness (QED) is 0.888. The summed E-state index contributed by atoms with van der Waals surface area (Å²) in [5.41, 5.74) is 1.24. The van der Waals surface area contributed by atoms with Gasteiger partial charge in [-0.15, -0.1) is 11.3 Å². The fraction of sp³-hybridized carbons (Fsp3) is 0.538. The van der Waals surface area contributed by atoms with Gasteiger partial charge in [0.05, 0.1) is 0 Å². The van der Waals surface area contributed by atoms with Crippen LogP contribution in [-0.4, -0.2) is 35.0 Å². The minimum absolute atomic E-state index is 0.0124. The number of hydrogen-bond donors (Lipinski definition) is 1. The van der Waals surface area contributed by atoms with Gasteiger partial charge in [-0.3, -0.25) is 9.59 Å². The number of rotatable bonds is 5. The van der Waals surface area contributed by atoms with Gasteiger partial charge in [-0.1, -0.05) is 0 Å². The Morgan fingerprint density at radius 2 is 2.28 bits per heavy atom. The molecule has 1 aliphatic carbocycles. The van der Waals surface area contributed by atoms with Gasteiger partial charge in [-0.25, -0.2) is 0 Å². The Hall–Kier alpha value is -1.36. The van der Waals surface area contributed by atoms with Crippen molar-refractivity contribution in [3.8, 4) is 0 Å². The zero-order valence-corrected chi connectivity index (χ0v) is 11.4. The lowest BCUT2D eigenvalue weighted by Gasteiger charge is -2.18. The van der Waals surface area contributed by atoms with Crippen LogP contribution in [0.1, 0.15) is 29.7 Å². The van der Waals surface area contributed by atoms with E-state index in [-0.39, 0.29) is 18.4 Å². The van der Waals surface area contributed by atoms with Crippen molar-refractivity contribution in [3.63, 3.8) is 0 Å². The molecule has 1 aromatic heterocycles. The molecule has 1 aliphatic rings. The lowest BCUT2D eigenvalue weighted by Crippen LogP contribution is -2.36. The lowest BCUT2D eigenvalue weighted by atomic mass is 10.2. The van der Waals surface area contributed by atoms with Crippen molar-refractivity contribution >= 4 is 23.2 Å². The van der Waals surface area contributed by atoms with Gasteiger partial charge in [-0.2, -0.15) is 0 Å². The number of thiophene rings is 1. The van der Waals surface area contributed by atoms with E-state index in [1.165, 1.54) is 15.3 Å². The molecule has 0 aliphatic heterocycles. The predicted octanol–water partition coefficient (Wildman–Crippen LogP) is 2.09. The van der Waals surface area contributed by atoms with Gasteiger partial charge >= 0.3 is 5.97 Å². The molecular weight excluding hydrogens is 250 g/mol. The summed E-state index contributed by atoms with van der Waals surface area (Å²) in [7, 11) is 0. The summed E-state index contributed by atoms with van der Waals surface area (Å²) < 4.78 is 0. The molecule has 1 heterocycles. The highest BCUT2D eigenvalue weighted by atomic mass is 32.1. The summed E-state index contributed by atoms with van der Waals surface area (Å²) >= 11 is 1.69. The van der Waals surface area contributed by atoms with E-state index in [2.05, 4.69) is 13.0 Å². The lowest BCUT2D eigenvalue weighted by molar-refractivity contribution is -0.144. The molecular formula is C13H17NO3S. The first-order chi connectivity index (χ1) is 8.54. The Bertz CT molecular complexity index is 469. The van der Waals surface area contributed by atoms with Crippen LogP contribution < -0.4 is 0 Å². The molecule has 4 nitrogen and oxygen atoms in total. The second-order valence-corrected chi connectivity index (χ2v) is 5.61. The Morgan fingerprint density at radius 1 is 1.56 bits per heavy atom. The molecule has 98 valence electrons. The standard InChI is InChI=1S/C13H17NO3S/c1-3-14(7-11(15)16)13(17)10-6-9(10)12-8(2)4-5-18-12/h4-5,9-10H,3,6-7H2,1-2H3,(H,15,16)/t9-,10+/m1/s1. The third-order valence-corrected chi connectivity index (χ3v) is 4.52. The summed E-state index contributed by atoms with van der Waals surface area (Å²) in [6.07, 6.45) is 0.857. The molecule has 0 bridgehead atoms. The van der Waals surface area contributed by atoms with E-state index >= 15 is 0 Å². The third-order valence-electron chi connectivity index (χ3n) is 3.37. The normalized spacial score (nSPS) is 21.7. The Labute approximate surface area is 110 Å². The van der Waals surface area contributed by atoms with Crippen LogP contribution in [-0.2, 0) is 9.59 Å². The first kappa shape index (κ1) is 13.1. The average molecular weight is 267 g/mol. The molecule has 2 atom stereocenters. The molecule has 2 rings (SSSR count). The van der Waals surface area contributed by atoms with E-state index in [4.69, 9.17) is 5.11 Å². The Kier molecular flexibility index (Phi) is 3.71. The molecule has 5 heteroatoms. The number of nitrogens with zero attached hydrogens (tertiary/aromatic N) is 1. The topological polar surface area (TPSA) is 57.6 Å². The van der Waals surface area contributed by atoms with Crippen molar-refractivity contribution in [1.29, 1.82) is 0 Å². The second kappa shape index (κ2) is 5.10. The number of aryl methyl sites for hydroxylation is 1. The van der Waals surface area contributed by atoms with Gasteiger partial charge in [-0.05, 0) is 37.3 Å². The van der Waals surface area contributed by atoms with E-state index in [1.807, 2.05) is 12.3 Å². The molecule has 0 aromatic carbocycles. The molecule has 0 saturated heterocycles. The number of carboxylic acid groups (broad SMARTS) is 1. The van der Waals surface area contributed by atoms with Crippen LogP contribution in [0.15, 0.2) is 11.4 Å². The fourth-order valence-corrected chi connectivity index (χ4v) is 3.37. The van der Waals surface area contributed by atoms with Gasteiger partial charge in [0.2, 0.25) is 5.91 Å². The summed E-state index contributed by atoms with van der Waals surface area (Å²) in [5, 5.41) is 10.8. The van der Waals surface area contributed by atoms with Crippen LogP contribution in [0.3, 0.4) is 0 Å². The highest BCUT2D eigenvalue weighted by Gasteiger charge is 2.46. The van der Waals surface area contributed by atoms with Crippen molar-refractivity contribution in [2.45, 2.75) is 26.2 Å². The van der Waals surface area contributed by atoms with E-state index in [0.717, 1.165) is 6.42 Å². The Morgan fingerprint density at radius 3 is 2.78 bits per heavy atom. The van der Waals surface area contributed by atoms with Crippen LogP contribution in [0.5, 0.6) is 0 Å². The van der Waals surface area contributed by atoms with Crippen LogP contribution in [0.25, 0.3) is 0 Å². The summed E-state index contributed by atoms with van der Waals surface area (Å²) in [6.45, 7) is 4.13. The molecule has 0 unspecified atom stereocenters. The summed E-state index contributed by atoms with van der Waals surface area (Å²) in [4.78, 5) is 25.5. The highest BCUT2D eigenvalue weighted by Crippen LogP contribution is 2.51. The van der Waals surface area contributed by atoms with Crippen molar-refractivity contribution in [1.82, 2.24) is 4.90 Å². The van der Waals surface area contributed by atoms with E-state index in [1.54, 1.807) is 11.3 Å². The zero-order valence-electron chi connectivity index (χ0n) is 10.5. The minimum atomic E-state index is -0.949. The van der Waals surface area contributed by atoms with Gasteiger partial charge < -0.3 is 10.0 Å². The number of likely N-dealkylation sites (N-methyl/N-ethyl adjacent to an activating group) is 1. The molecule has 1 aromatic rings. The monoisotopic (exact) mass is 267 g/mol. The third kappa shape index (κ3) is 2.56. The summed E-state index contributed by atoms with van der Waals surface area (Å²) in [6, 6.07) is 2.06.